The van der Waals surface area contributed by atoms with Crippen LogP contribution in [0.4, 0.5) is 5.69 Å². The summed E-state index contributed by atoms with van der Waals surface area (Å²) in [6.07, 6.45) is -0.964. The van der Waals surface area contributed by atoms with Crippen LogP contribution in [0.3, 0.4) is 0 Å². The van der Waals surface area contributed by atoms with Gasteiger partial charge < -0.3 is 19.5 Å². The van der Waals surface area contributed by atoms with Gasteiger partial charge in [0.25, 0.3) is 5.91 Å². The third-order valence-electron chi connectivity index (χ3n) is 3.40. The van der Waals surface area contributed by atoms with Crippen LogP contribution in [0.15, 0.2) is 48.5 Å². The number of rotatable bonds is 7. The van der Waals surface area contributed by atoms with Gasteiger partial charge in [-0.2, -0.15) is 0 Å². The first-order chi connectivity index (χ1) is 12.0. The first-order valence-electron chi connectivity index (χ1n) is 7.93. The van der Waals surface area contributed by atoms with E-state index in [1.54, 1.807) is 42.5 Å². The van der Waals surface area contributed by atoms with E-state index in [0.29, 0.717) is 29.4 Å². The van der Waals surface area contributed by atoms with Crippen LogP contribution in [0, 0.1) is 0 Å². The lowest BCUT2D eigenvalue weighted by Crippen LogP contribution is -2.30. The van der Waals surface area contributed by atoms with Gasteiger partial charge in [-0.25, -0.2) is 4.79 Å². The number of nitrogens with one attached hydrogen (secondary N) is 1. The Balaban J connectivity index is 2.01. The van der Waals surface area contributed by atoms with E-state index in [9.17, 15) is 9.59 Å². The molecule has 0 aliphatic heterocycles. The Hall–Kier alpha value is -3.02. The fourth-order valence-corrected chi connectivity index (χ4v) is 2.12. The molecule has 6 nitrogen and oxygen atoms in total. The molecule has 1 amide bonds. The van der Waals surface area contributed by atoms with Crippen LogP contribution in [0.1, 0.15) is 24.2 Å². The average molecular weight is 343 g/mol. The van der Waals surface area contributed by atoms with Gasteiger partial charge in [0.2, 0.25) is 0 Å². The summed E-state index contributed by atoms with van der Waals surface area (Å²) in [4.78, 5) is 24.5. The van der Waals surface area contributed by atoms with Crippen molar-refractivity contribution in [2.75, 3.05) is 19.0 Å². The van der Waals surface area contributed by atoms with Crippen molar-refractivity contribution in [1.82, 2.24) is 0 Å². The zero-order valence-corrected chi connectivity index (χ0v) is 14.4. The number of benzene rings is 2. The number of methoxy groups -OCH3 is 1. The second-order valence-electron chi connectivity index (χ2n) is 5.20. The van der Waals surface area contributed by atoms with Crippen molar-refractivity contribution in [3.05, 3.63) is 54.1 Å². The molecule has 0 saturated heterocycles. The fourth-order valence-electron chi connectivity index (χ4n) is 2.12. The van der Waals surface area contributed by atoms with Crippen molar-refractivity contribution in [1.29, 1.82) is 0 Å². The van der Waals surface area contributed by atoms with Crippen molar-refractivity contribution >= 4 is 17.6 Å². The SMILES string of the molecule is CCOc1ccccc1NC(=O)C(C)OC(=O)c1cccc(OC)c1. The van der Waals surface area contributed by atoms with Gasteiger partial charge in [-0.3, -0.25) is 4.79 Å². The molecule has 0 radical (unpaired) electrons. The van der Waals surface area contributed by atoms with E-state index in [0.717, 1.165) is 0 Å². The molecule has 1 N–H and O–H groups in total. The monoisotopic (exact) mass is 343 g/mol. The van der Waals surface area contributed by atoms with Crippen molar-refractivity contribution in [2.24, 2.45) is 0 Å². The summed E-state index contributed by atoms with van der Waals surface area (Å²) in [6.45, 7) is 3.85. The number of amides is 1. The number of para-hydroxylation sites is 2. The number of hydrogen-bond acceptors (Lipinski definition) is 5. The molecule has 132 valence electrons. The normalized spacial score (nSPS) is 11.3. The molecule has 0 aromatic heterocycles. The quantitative estimate of drug-likeness (QED) is 0.781. The topological polar surface area (TPSA) is 73.9 Å². The van der Waals surface area contributed by atoms with Crippen molar-refractivity contribution < 1.29 is 23.8 Å². The Morgan fingerprint density at radius 1 is 1.12 bits per heavy atom. The van der Waals surface area contributed by atoms with Gasteiger partial charge in [-0.05, 0) is 44.2 Å². The van der Waals surface area contributed by atoms with Gasteiger partial charge in [0.15, 0.2) is 6.10 Å². The molecule has 0 aliphatic carbocycles. The Morgan fingerprint density at radius 3 is 2.60 bits per heavy atom. The van der Waals surface area contributed by atoms with E-state index in [1.807, 2.05) is 13.0 Å². The maximum absolute atomic E-state index is 12.3. The first kappa shape index (κ1) is 18.3. The smallest absolute Gasteiger partial charge is 0.339 e. The van der Waals surface area contributed by atoms with Gasteiger partial charge in [0.05, 0.1) is 25.0 Å². The van der Waals surface area contributed by atoms with E-state index < -0.39 is 18.0 Å². The van der Waals surface area contributed by atoms with E-state index in [2.05, 4.69) is 5.32 Å². The zero-order chi connectivity index (χ0) is 18.2. The number of anilines is 1. The van der Waals surface area contributed by atoms with Gasteiger partial charge in [0.1, 0.15) is 11.5 Å². The molecule has 0 spiro atoms. The number of hydrogen-bond donors (Lipinski definition) is 1. The third kappa shape index (κ3) is 4.97. The Bertz CT molecular complexity index is 744. The van der Waals surface area contributed by atoms with Crippen LogP contribution in [0.5, 0.6) is 11.5 Å². The Morgan fingerprint density at radius 2 is 1.88 bits per heavy atom. The third-order valence-corrected chi connectivity index (χ3v) is 3.40. The molecule has 0 fully saturated rings. The molecular weight excluding hydrogens is 322 g/mol. The highest BCUT2D eigenvalue weighted by Crippen LogP contribution is 2.24. The molecule has 1 unspecified atom stereocenters. The summed E-state index contributed by atoms with van der Waals surface area (Å²) in [5.74, 6) is 0.0601. The summed E-state index contributed by atoms with van der Waals surface area (Å²) in [5, 5.41) is 2.71. The molecule has 2 rings (SSSR count). The number of carbonyl (C=O) groups is 2. The predicted molar refractivity (Wildman–Crippen MR) is 94.1 cm³/mol. The second kappa shape index (κ2) is 8.73. The molecule has 1 atom stereocenters. The van der Waals surface area contributed by atoms with Crippen molar-refractivity contribution in [3.63, 3.8) is 0 Å². The average Bonchev–Trinajstić information content (AvgIpc) is 2.63. The van der Waals surface area contributed by atoms with Crippen LogP contribution >= 0.6 is 0 Å². The highest BCUT2D eigenvalue weighted by molar-refractivity contribution is 5.98. The largest absolute Gasteiger partial charge is 0.497 e. The summed E-state index contributed by atoms with van der Waals surface area (Å²) in [6, 6.07) is 13.6. The standard InChI is InChI=1S/C19H21NO5/c1-4-24-17-11-6-5-10-16(17)20-18(21)13(2)25-19(22)14-8-7-9-15(12-14)23-3/h5-13H,4H2,1-3H3,(H,20,21). The van der Waals surface area contributed by atoms with Crippen LogP contribution < -0.4 is 14.8 Å². The Labute approximate surface area is 146 Å². The highest BCUT2D eigenvalue weighted by Gasteiger charge is 2.20. The first-order valence-corrected chi connectivity index (χ1v) is 7.93. The van der Waals surface area contributed by atoms with E-state index >= 15 is 0 Å². The van der Waals surface area contributed by atoms with E-state index in [1.165, 1.54) is 14.0 Å². The minimum atomic E-state index is -0.964. The zero-order valence-electron chi connectivity index (χ0n) is 14.4. The minimum absolute atomic E-state index is 0.314. The molecule has 0 saturated carbocycles. The van der Waals surface area contributed by atoms with Gasteiger partial charge in [0, 0.05) is 0 Å². The van der Waals surface area contributed by atoms with Crippen LogP contribution in [-0.2, 0) is 9.53 Å². The molecule has 0 aliphatic rings. The number of esters is 1. The second-order valence-corrected chi connectivity index (χ2v) is 5.20. The number of carbonyl (C=O) groups excluding carboxylic acids is 2. The van der Waals surface area contributed by atoms with Crippen LogP contribution in [-0.4, -0.2) is 31.7 Å². The van der Waals surface area contributed by atoms with Crippen LogP contribution in [0.2, 0.25) is 0 Å². The Kier molecular flexibility index (Phi) is 6.39. The van der Waals surface area contributed by atoms with Gasteiger partial charge >= 0.3 is 5.97 Å². The molecule has 6 heteroatoms. The summed E-state index contributed by atoms with van der Waals surface area (Å²) in [5.41, 5.74) is 0.840. The maximum Gasteiger partial charge on any atom is 0.339 e. The predicted octanol–water partition coefficient (Wildman–Crippen LogP) is 3.28. The summed E-state index contributed by atoms with van der Waals surface area (Å²) in [7, 11) is 1.51. The molecule has 0 bridgehead atoms. The summed E-state index contributed by atoms with van der Waals surface area (Å²) >= 11 is 0. The molecule has 2 aromatic carbocycles. The lowest BCUT2D eigenvalue weighted by molar-refractivity contribution is -0.123. The van der Waals surface area contributed by atoms with Crippen LogP contribution in [0.25, 0.3) is 0 Å². The van der Waals surface area contributed by atoms with Crippen molar-refractivity contribution in [2.45, 2.75) is 20.0 Å². The lowest BCUT2D eigenvalue weighted by Gasteiger charge is -2.15. The highest BCUT2D eigenvalue weighted by atomic mass is 16.5. The van der Waals surface area contributed by atoms with Crippen molar-refractivity contribution in [3.8, 4) is 11.5 Å². The lowest BCUT2D eigenvalue weighted by atomic mass is 10.2. The molecule has 0 heterocycles. The molecule has 2 aromatic rings. The van der Waals surface area contributed by atoms with Gasteiger partial charge in [-0.1, -0.05) is 18.2 Å². The minimum Gasteiger partial charge on any atom is -0.497 e. The maximum atomic E-state index is 12.3. The molecule has 25 heavy (non-hydrogen) atoms. The van der Waals surface area contributed by atoms with Gasteiger partial charge in [-0.15, -0.1) is 0 Å². The van der Waals surface area contributed by atoms with E-state index in [-0.39, 0.29) is 0 Å². The van der Waals surface area contributed by atoms with E-state index in [4.69, 9.17) is 14.2 Å². The number of ether oxygens (including phenoxy) is 3. The fraction of sp³-hybridized carbons (Fsp3) is 0.263. The summed E-state index contributed by atoms with van der Waals surface area (Å²) < 4.78 is 15.8. The molecular formula is C19H21NO5.